The van der Waals surface area contributed by atoms with Gasteiger partial charge in [-0.15, -0.1) is 0 Å². The van der Waals surface area contributed by atoms with Crippen LogP contribution in [-0.2, 0) is 0 Å². The summed E-state index contributed by atoms with van der Waals surface area (Å²) in [5.74, 6) is 2.18. The Kier molecular flexibility index (Phi) is 3.98. The predicted octanol–water partition coefficient (Wildman–Crippen LogP) is 0.439. The van der Waals surface area contributed by atoms with Gasteiger partial charge in [0, 0.05) is 31.7 Å². The maximum atomic E-state index is 5.70. The zero-order chi connectivity index (χ0) is 13.0. The smallest absolute Gasteiger partial charge is 0.257 e. The zero-order valence-corrected chi connectivity index (χ0v) is 11.1. The molecule has 96 valence electrons. The number of thioether (sulfide) groups is 1. The van der Waals surface area contributed by atoms with Crippen LogP contribution in [0.25, 0.3) is 5.95 Å². The fraction of sp³-hybridized carbons (Fsp3) is 0.400. The fourth-order valence-electron chi connectivity index (χ4n) is 1.36. The van der Waals surface area contributed by atoms with Crippen LogP contribution in [0, 0.1) is 0 Å². The van der Waals surface area contributed by atoms with E-state index in [4.69, 9.17) is 5.73 Å². The number of anilines is 2. The summed E-state index contributed by atoms with van der Waals surface area (Å²) in [4.78, 5) is 14.5. The molecule has 0 atom stereocenters. The van der Waals surface area contributed by atoms with E-state index in [0.717, 1.165) is 12.3 Å². The molecule has 18 heavy (non-hydrogen) atoms. The van der Waals surface area contributed by atoms with Gasteiger partial charge >= 0.3 is 0 Å². The van der Waals surface area contributed by atoms with Crippen molar-refractivity contribution >= 4 is 23.7 Å². The van der Waals surface area contributed by atoms with Gasteiger partial charge in [-0.05, 0) is 12.3 Å². The molecule has 2 aromatic rings. The van der Waals surface area contributed by atoms with Gasteiger partial charge in [0.05, 0.1) is 0 Å². The van der Waals surface area contributed by atoms with E-state index in [9.17, 15) is 0 Å². The second-order valence-electron chi connectivity index (χ2n) is 3.66. The summed E-state index contributed by atoms with van der Waals surface area (Å²) in [6.07, 6.45) is 5.49. The first-order valence-electron chi connectivity index (χ1n) is 5.42. The Morgan fingerprint density at radius 3 is 2.89 bits per heavy atom. The summed E-state index contributed by atoms with van der Waals surface area (Å²) < 4.78 is 1.56. The molecular formula is C10H15N7S. The first kappa shape index (κ1) is 12.6. The van der Waals surface area contributed by atoms with Crippen molar-refractivity contribution in [1.82, 2.24) is 24.7 Å². The lowest BCUT2D eigenvalue weighted by Crippen LogP contribution is -2.24. The third kappa shape index (κ3) is 2.89. The molecule has 0 saturated heterocycles. The first-order valence-corrected chi connectivity index (χ1v) is 6.81. The van der Waals surface area contributed by atoms with E-state index in [0.29, 0.717) is 11.9 Å². The average molecular weight is 265 g/mol. The van der Waals surface area contributed by atoms with E-state index in [-0.39, 0.29) is 5.95 Å². The minimum atomic E-state index is 0.196. The van der Waals surface area contributed by atoms with Gasteiger partial charge in [0.15, 0.2) is 0 Å². The van der Waals surface area contributed by atoms with Crippen molar-refractivity contribution in [2.45, 2.75) is 0 Å². The molecule has 0 spiro atoms. The minimum Gasteiger partial charge on any atom is -0.368 e. The van der Waals surface area contributed by atoms with Crippen LogP contribution >= 0.6 is 11.8 Å². The number of rotatable bonds is 5. The van der Waals surface area contributed by atoms with Crippen molar-refractivity contribution in [1.29, 1.82) is 0 Å². The molecule has 2 heterocycles. The van der Waals surface area contributed by atoms with E-state index >= 15 is 0 Å². The monoisotopic (exact) mass is 265 g/mol. The SMILES string of the molecule is CSCCN(C)c1nc(N)nc(-n2cccn2)n1. The van der Waals surface area contributed by atoms with Gasteiger partial charge in [-0.3, -0.25) is 0 Å². The highest BCUT2D eigenvalue weighted by Crippen LogP contribution is 2.10. The molecule has 2 rings (SSSR count). The lowest BCUT2D eigenvalue weighted by atomic mass is 10.6. The third-order valence-electron chi connectivity index (χ3n) is 2.31. The number of aromatic nitrogens is 5. The van der Waals surface area contributed by atoms with Crippen LogP contribution < -0.4 is 10.6 Å². The van der Waals surface area contributed by atoms with E-state index in [1.54, 1.807) is 34.9 Å². The molecular weight excluding hydrogens is 250 g/mol. The molecule has 0 aliphatic heterocycles. The second-order valence-corrected chi connectivity index (χ2v) is 4.64. The lowest BCUT2D eigenvalue weighted by molar-refractivity contribution is 0.784. The van der Waals surface area contributed by atoms with E-state index in [1.807, 2.05) is 11.9 Å². The maximum absolute atomic E-state index is 5.70. The molecule has 2 aromatic heterocycles. The van der Waals surface area contributed by atoms with Crippen LogP contribution in [0.3, 0.4) is 0 Å². The number of hydrogen-bond donors (Lipinski definition) is 1. The van der Waals surface area contributed by atoms with Crippen LogP contribution in [0.1, 0.15) is 0 Å². The molecule has 0 unspecified atom stereocenters. The Morgan fingerprint density at radius 1 is 1.39 bits per heavy atom. The van der Waals surface area contributed by atoms with Crippen LogP contribution in [0.15, 0.2) is 18.5 Å². The van der Waals surface area contributed by atoms with Crippen LogP contribution in [-0.4, -0.2) is 50.3 Å². The van der Waals surface area contributed by atoms with Crippen molar-refractivity contribution in [3.63, 3.8) is 0 Å². The standard InChI is InChI=1S/C10H15N7S/c1-16(6-7-18-2)9-13-8(11)14-10(15-9)17-5-3-4-12-17/h3-5H,6-7H2,1-2H3,(H2,11,13,14,15). The number of nitrogen functional groups attached to an aromatic ring is 1. The molecule has 0 fully saturated rings. The molecule has 0 aromatic carbocycles. The molecule has 0 bridgehead atoms. The maximum Gasteiger partial charge on any atom is 0.257 e. The zero-order valence-electron chi connectivity index (χ0n) is 10.3. The van der Waals surface area contributed by atoms with Crippen molar-refractivity contribution in [2.24, 2.45) is 0 Å². The first-order chi connectivity index (χ1) is 8.70. The van der Waals surface area contributed by atoms with Crippen LogP contribution in [0.4, 0.5) is 11.9 Å². The minimum absolute atomic E-state index is 0.196. The van der Waals surface area contributed by atoms with Crippen LogP contribution in [0.2, 0.25) is 0 Å². The largest absolute Gasteiger partial charge is 0.368 e. The Balaban J connectivity index is 2.26. The van der Waals surface area contributed by atoms with Gasteiger partial charge in [-0.25, -0.2) is 4.68 Å². The summed E-state index contributed by atoms with van der Waals surface area (Å²) in [6, 6.07) is 1.80. The highest BCUT2D eigenvalue weighted by Gasteiger charge is 2.09. The van der Waals surface area contributed by atoms with Crippen molar-refractivity contribution in [2.75, 3.05) is 36.2 Å². The molecule has 8 heteroatoms. The van der Waals surface area contributed by atoms with Gasteiger partial charge in [-0.2, -0.15) is 31.8 Å². The van der Waals surface area contributed by atoms with Gasteiger partial charge < -0.3 is 10.6 Å². The fourth-order valence-corrected chi connectivity index (χ4v) is 1.81. The van der Waals surface area contributed by atoms with Crippen molar-refractivity contribution in [3.8, 4) is 5.95 Å². The highest BCUT2D eigenvalue weighted by molar-refractivity contribution is 7.98. The van der Waals surface area contributed by atoms with Crippen LogP contribution in [0.5, 0.6) is 0 Å². The van der Waals surface area contributed by atoms with E-state index in [1.165, 1.54) is 0 Å². The third-order valence-corrected chi connectivity index (χ3v) is 2.90. The number of hydrogen-bond acceptors (Lipinski definition) is 7. The predicted molar refractivity (Wildman–Crippen MR) is 73.0 cm³/mol. The topological polar surface area (TPSA) is 85.8 Å². The van der Waals surface area contributed by atoms with Gasteiger partial charge in [0.2, 0.25) is 11.9 Å². The van der Waals surface area contributed by atoms with Crippen molar-refractivity contribution in [3.05, 3.63) is 18.5 Å². The summed E-state index contributed by atoms with van der Waals surface area (Å²) in [5.41, 5.74) is 5.70. The lowest BCUT2D eigenvalue weighted by Gasteiger charge is -2.16. The Hall–Kier alpha value is -1.83. The molecule has 0 amide bonds. The van der Waals surface area contributed by atoms with Gasteiger partial charge in [0.1, 0.15) is 0 Å². The summed E-state index contributed by atoms with van der Waals surface area (Å²) in [5, 5.41) is 4.08. The Bertz CT molecular complexity index is 499. The quantitative estimate of drug-likeness (QED) is 0.839. The molecule has 0 aliphatic rings. The Morgan fingerprint density at radius 2 is 2.22 bits per heavy atom. The molecule has 0 saturated carbocycles. The highest BCUT2D eigenvalue weighted by atomic mass is 32.2. The number of nitrogens with zero attached hydrogens (tertiary/aromatic N) is 6. The van der Waals surface area contributed by atoms with E-state index in [2.05, 4.69) is 26.3 Å². The Labute approximate surface area is 109 Å². The summed E-state index contributed by atoms with van der Waals surface area (Å²) >= 11 is 1.77. The van der Waals surface area contributed by atoms with Crippen molar-refractivity contribution < 1.29 is 0 Å². The molecule has 0 aliphatic carbocycles. The molecule has 0 radical (unpaired) electrons. The average Bonchev–Trinajstić information content (AvgIpc) is 2.89. The van der Waals surface area contributed by atoms with Gasteiger partial charge in [0.25, 0.3) is 5.95 Å². The molecule has 7 nitrogen and oxygen atoms in total. The van der Waals surface area contributed by atoms with E-state index < -0.39 is 0 Å². The molecule has 2 N–H and O–H groups in total. The second kappa shape index (κ2) is 5.67. The summed E-state index contributed by atoms with van der Waals surface area (Å²) in [6.45, 7) is 0.850. The summed E-state index contributed by atoms with van der Waals surface area (Å²) in [7, 11) is 1.93. The number of nitrogens with two attached hydrogens (primary N) is 1. The van der Waals surface area contributed by atoms with Gasteiger partial charge in [-0.1, -0.05) is 0 Å². The normalized spacial score (nSPS) is 10.6.